The molecule has 1 aromatic carbocycles. The van der Waals surface area contributed by atoms with Gasteiger partial charge < -0.3 is 19.9 Å². The first-order chi connectivity index (χ1) is 9.65. The molecule has 0 aromatic heterocycles. The number of nitrogens with one attached hydrogen (secondary N) is 1. The zero-order valence-electron chi connectivity index (χ0n) is 12.2. The summed E-state index contributed by atoms with van der Waals surface area (Å²) in [5.74, 6) is 3.08. The van der Waals surface area contributed by atoms with Crippen molar-refractivity contribution >= 4 is 0 Å². The predicted molar refractivity (Wildman–Crippen MR) is 77.0 cm³/mol. The lowest BCUT2D eigenvalue weighted by atomic mass is 9.78. The number of ether oxygens (including phenoxy) is 2. The van der Waals surface area contributed by atoms with Crippen LogP contribution in [0.2, 0.25) is 0 Å². The molecule has 0 spiro atoms. The minimum absolute atomic E-state index is 0.239. The molecule has 1 fully saturated rings. The Hall–Kier alpha value is -1.42. The second-order valence-corrected chi connectivity index (χ2v) is 6.09. The summed E-state index contributed by atoms with van der Waals surface area (Å²) in [4.78, 5) is 0. The van der Waals surface area contributed by atoms with Crippen LogP contribution in [0.1, 0.15) is 38.7 Å². The van der Waals surface area contributed by atoms with E-state index in [0.717, 1.165) is 17.2 Å². The summed E-state index contributed by atoms with van der Waals surface area (Å²) in [6.07, 6.45) is 3.84. The number of hydrogen-bond acceptors (Lipinski definition) is 4. The maximum Gasteiger partial charge on any atom is 0.231 e. The second kappa shape index (κ2) is 5.52. The molecule has 4 nitrogen and oxygen atoms in total. The van der Waals surface area contributed by atoms with E-state index in [1.807, 2.05) is 6.07 Å². The number of benzene rings is 1. The van der Waals surface area contributed by atoms with Gasteiger partial charge in [-0.1, -0.05) is 26.7 Å². The van der Waals surface area contributed by atoms with Gasteiger partial charge in [0.15, 0.2) is 11.5 Å². The van der Waals surface area contributed by atoms with Crippen LogP contribution in [-0.2, 0) is 6.54 Å². The minimum atomic E-state index is 0.239. The molecule has 0 bridgehead atoms. The highest BCUT2D eigenvalue weighted by Gasteiger charge is 2.27. The van der Waals surface area contributed by atoms with Gasteiger partial charge >= 0.3 is 0 Å². The Balaban J connectivity index is 1.66. The van der Waals surface area contributed by atoms with E-state index < -0.39 is 0 Å². The van der Waals surface area contributed by atoms with Gasteiger partial charge in [0.05, 0.1) is 0 Å². The van der Waals surface area contributed by atoms with Crippen molar-refractivity contribution in [2.45, 2.75) is 45.7 Å². The molecule has 0 radical (unpaired) electrons. The molecule has 1 heterocycles. The van der Waals surface area contributed by atoms with Crippen LogP contribution >= 0.6 is 0 Å². The van der Waals surface area contributed by atoms with Gasteiger partial charge in [0.25, 0.3) is 0 Å². The highest BCUT2D eigenvalue weighted by atomic mass is 16.7. The standard InChI is InChI=1S/C16H23NO3/c1-10-4-3-5-13(11(10)2)17-8-12-6-15-16(7-14(12)18)20-9-19-15/h6-7,10-11,13,17-18H,3-5,8-9H2,1-2H3. The number of phenols is 1. The number of rotatable bonds is 3. The lowest BCUT2D eigenvalue weighted by molar-refractivity contribution is 0.174. The van der Waals surface area contributed by atoms with Crippen molar-refractivity contribution in [1.29, 1.82) is 0 Å². The average molecular weight is 277 g/mol. The molecule has 4 heteroatoms. The van der Waals surface area contributed by atoms with Crippen LogP contribution < -0.4 is 14.8 Å². The van der Waals surface area contributed by atoms with E-state index in [9.17, 15) is 5.11 Å². The highest BCUT2D eigenvalue weighted by molar-refractivity contribution is 5.51. The predicted octanol–water partition coefficient (Wildman–Crippen LogP) is 3.04. The molecule has 3 unspecified atom stereocenters. The molecule has 1 aliphatic heterocycles. The van der Waals surface area contributed by atoms with Crippen LogP contribution in [0.4, 0.5) is 0 Å². The average Bonchev–Trinajstić information content (AvgIpc) is 2.87. The first kappa shape index (κ1) is 13.6. The number of phenolic OH excluding ortho intramolecular Hbond substituents is 1. The normalized spacial score (nSPS) is 28.6. The summed E-state index contributed by atoms with van der Waals surface area (Å²) in [5, 5.41) is 13.6. The zero-order chi connectivity index (χ0) is 14.1. The largest absolute Gasteiger partial charge is 0.507 e. The number of hydrogen-bond donors (Lipinski definition) is 2. The maximum atomic E-state index is 10.0. The van der Waals surface area contributed by atoms with Crippen molar-refractivity contribution in [2.75, 3.05) is 6.79 Å². The smallest absolute Gasteiger partial charge is 0.231 e. The Morgan fingerprint density at radius 3 is 2.75 bits per heavy atom. The Kier molecular flexibility index (Phi) is 3.74. The lowest BCUT2D eigenvalue weighted by Gasteiger charge is -2.34. The summed E-state index contributed by atoms with van der Waals surface area (Å²) in [5.41, 5.74) is 0.875. The molecular weight excluding hydrogens is 254 g/mol. The quantitative estimate of drug-likeness (QED) is 0.891. The van der Waals surface area contributed by atoms with Crippen LogP contribution in [0.3, 0.4) is 0 Å². The fraction of sp³-hybridized carbons (Fsp3) is 0.625. The summed E-state index contributed by atoms with van der Waals surface area (Å²) in [7, 11) is 0. The first-order valence-electron chi connectivity index (χ1n) is 7.50. The van der Waals surface area contributed by atoms with Crippen LogP contribution in [0.5, 0.6) is 17.2 Å². The lowest BCUT2D eigenvalue weighted by Crippen LogP contribution is -2.40. The summed E-state index contributed by atoms with van der Waals surface area (Å²) in [6, 6.07) is 4.05. The molecule has 20 heavy (non-hydrogen) atoms. The molecule has 2 N–H and O–H groups in total. The van der Waals surface area contributed by atoms with Gasteiger partial charge in [-0.05, 0) is 24.3 Å². The van der Waals surface area contributed by atoms with E-state index in [2.05, 4.69) is 19.2 Å². The van der Waals surface area contributed by atoms with E-state index >= 15 is 0 Å². The van der Waals surface area contributed by atoms with E-state index in [1.54, 1.807) is 6.07 Å². The summed E-state index contributed by atoms with van der Waals surface area (Å²) >= 11 is 0. The Morgan fingerprint density at radius 1 is 1.20 bits per heavy atom. The highest BCUT2D eigenvalue weighted by Crippen LogP contribution is 2.38. The molecule has 1 aliphatic carbocycles. The topological polar surface area (TPSA) is 50.7 Å². The molecule has 0 amide bonds. The van der Waals surface area contributed by atoms with Crippen molar-refractivity contribution < 1.29 is 14.6 Å². The summed E-state index contributed by atoms with van der Waals surface area (Å²) < 4.78 is 10.6. The van der Waals surface area contributed by atoms with Gasteiger partial charge in [-0.15, -0.1) is 0 Å². The molecular formula is C16H23NO3. The van der Waals surface area contributed by atoms with Crippen molar-refractivity contribution in [3.63, 3.8) is 0 Å². The fourth-order valence-corrected chi connectivity index (χ4v) is 3.23. The van der Waals surface area contributed by atoms with Crippen LogP contribution in [-0.4, -0.2) is 17.9 Å². The third kappa shape index (κ3) is 2.57. The van der Waals surface area contributed by atoms with E-state index in [1.165, 1.54) is 19.3 Å². The van der Waals surface area contributed by atoms with Crippen molar-refractivity contribution in [2.24, 2.45) is 11.8 Å². The Bertz CT molecular complexity index is 489. The van der Waals surface area contributed by atoms with Crippen molar-refractivity contribution in [1.82, 2.24) is 5.32 Å². The Labute approximate surface area is 120 Å². The van der Waals surface area contributed by atoms with Crippen molar-refractivity contribution in [3.8, 4) is 17.2 Å². The second-order valence-electron chi connectivity index (χ2n) is 6.09. The monoisotopic (exact) mass is 277 g/mol. The summed E-state index contributed by atoms with van der Waals surface area (Å²) in [6.45, 7) is 5.56. The van der Waals surface area contributed by atoms with Gasteiger partial charge in [0.2, 0.25) is 6.79 Å². The molecule has 1 aromatic rings. The molecule has 3 atom stereocenters. The molecule has 3 rings (SSSR count). The van der Waals surface area contributed by atoms with Gasteiger partial charge in [0.1, 0.15) is 5.75 Å². The molecule has 0 saturated heterocycles. The molecule has 110 valence electrons. The van der Waals surface area contributed by atoms with Gasteiger partial charge in [-0.3, -0.25) is 0 Å². The van der Waals surface area contributed by atoms with Crippen LogP contribution in [0, 0.1) is 11.8 Å². The molecule has 2 aliphatic rings. The Morgan fingerprint density at radius 2 is 1.95 bits per heavy atom. The number of aromatic hydroxyl groups is 1. The van der Waals surface area contributed by atoms with Crippen LogP contribution in [0.25, 0.3) is 0 Å². The zero-order valence-corrected chi connectivity index (χ0v) is 12.2. The van der Waals surface area contributed by atoms with Crippen molar-refractivity contribution in [3.05, 3.63) is 17.7 Å². The van der Waals surface area contributed by atoms with E-state index in [4.69, 9.17) is 9.47 Å². The third-order valence-corrected chi connectivity index (χ3v) is 4.84. The fourth-order valence-electron chi connectivity index (χ4n) is 3.23. The van der Waals surface area contributed by atoms with E-state index in [0.29, 0.717) is 24.3 Å². The maximum absolute atomic E-state index is 10.0. The first-order valence-corrected chi connectivity index (χ1v) is 7.50. The van der Waals surface area contributed by atoms with Gasteiger partial charge in [-0.2, -0.15) is 0 Å². The van der Waals surface area contributed by atoms with Gasteiger partial charge in [0, 0.05) is 24.2 Å². The third-order valence-electron chi connectivity index (χ3n) is 4.84. The van der Waals surface area contributed by atoms with Crippen LogP contribution in [0.15, 0.2) is 12.1 Å². The molecule has 1 saturated carbocycles. The number of fused-ring (bicyclic) bond motifs is 1. The van der Waals surface area contributed by atoms with E-state index in [-0.39, 0.29) is 12.5 Å². The minimum Gasteiger partial charge on any atom is -0.507 e. The van der Waals surface area contributed by atoms with Gasteiger partial charge in [-0.25, -0.2) is 0 Å². The SMILES string of the molecule is CC1CCCC(NCc2cc3c(cc2O)OCO3)C1C.